The van der Waals surface area contributed by atoms with Crippen LogP contribution in [-0.4, -0.2) is 43.7 Å². The van der Waals surface area contributed by atoms with Gasteiger partial charge in [-0.25, -0.2) is 4.79 Å². The minimum atomic E-state index is 0.107. The fourth-order valence-electron chi connectivity index (χ4n) is 2.91. The minimum absolute atomic E-state index is 0.107. The average Bonchev–Trinajstić information content (AvgIpc) is 2.78. The van der Waals surface area contributed by atoms with Gasteiger partial charge in [-0.2, -0.15) is 0 Å². The van der Waals surface area contributed by atoms with E-state index >= 15 is 0 Å². The molecule has 2 fully saturated rings. The Bertz CT molecular complexity index is 226. The molecule has 0 spiro atoms. The van der Waals surface area contributed by atoms with E-state index in [1.54, 1.807) is 7.05 Å². The fraction of sp³-hybridized carbons (Fsp3) is 0.909. The largest absolute Gasteiger partial charge is 0.341 e. The summed E-state index contributed by atoms with van der Waals surface area (Å²) < 4.78 is 0. The van der Waals surface area contributed by atoms with Gasteiger partial charge >= 0.3 is 6.03 Å². The number of piperidine rings is 1. The van der Waals surface area contributed by atoms with Crippen molar-refractivity contribution in [3.8, 4) is 0 Å². The molecule has 4 heteroatoms. The number of amides is 2. The van der Waals surface area contributed by atoms with E-state index in [1.165, 1.54) is 25.7 Å². The summed E-state index contributed by atoms with van der Waals surface area (Å²) in [4.78, 5) is 13.7. The van der Waals surface area contributed by atoms with Gasteiger partial charge in [0.05, 0.1) is 0 Å². The van der Waals surface area contributed by atoms with Crippen LogP contribution in [0.5, 0.6) is 0 Å². The van der Waals surface area contributed by atoms with Gasteiger partial charge in [-0.1, -0.05) is 0 Å². The van der Waals surface area contributed by atoms with Crippen LogP contribution < -0.4 is 10.6 Å². The molecule has 2 N–H and O–H groups in total. The SMILES string of the molecule is CNC(=O)N1CCCC1C1CCNCC1. The average molecular weight is 211 g/mol. The maximum Gasteiger partial charge on any atom is 0.317 e. The van der Waals surface area contributed by atoms with E-state index in [9.17, 15) is 4.79 Å². The Balaban J connectivity index is 1.97. The van der Waals surface area contributed by atoms with Crippen molar-refractivity contribution in [3.05, 3.63) is 0 Å². The molecule has 0 bridgehead atoms. The standard InChI is InChI=1S/C11H21N3O/c1-12-11(15)14-8-2-3-10(14)9-4-6-13-7-5-9/h9-10,13H,2-8H2,1H3,(H,12,15). The zero-order valence-electron chi connectivity index (χ0n) is 9.46. The molecule has 2 saturated heterocycles. The number of likely N-dealkylation sites (tertiary alicyclic amines) is 1. The lowest BCUT2D eigenvalue weighted by atomic mass is 9.89. The van der Waals surface area contributed by atoms with E-state index in [-0.39, 0.29) is 6.03 Å². The Morgan fingerprint density at radius 3 is 2.73 bits per heavy atom. The van der Waals surface area contributed by atoms with Crippen LogP contribution in [0.3, 0.4) is 0 Å². The highest BCUT2D eigenvalue weighted by molar-refractivity contribution is 5.74. The third-order valence-corrected chi connectivity index (χ3v) is 3.70. The number of nitrogens with zero attached hydrogens (tertiary/aromatic N) is 1. The lowest BCUT2D eigenvalue weighted by molar-refractivity contribution is 0.161. The molecule has 0 aromatic rings. The van der Waals surface area contributed by atoms with Crippen LogP contribution in [0.2, 0.25) is 0 Å². The van der Waals surface area contributed by atoms with Crippen molar-refractivity contribution in [2.75, 3.05) is 26.7 Å². The summed E-state index contributed by atoms with van der Waals surface area (Å²) in [7, 11) is 1.72. The Labute approximate surface area is 91.4 Å². The quantitative estimate of drug-likeness (QED) is 0.673. The van der Waals surface area contributed by atoms with Gasteiger partial charge in [0.25, 0.3) is 0 Å². The molecule has 0 aliphatic carbocycles. The van der Waals surface area contributed by atoms with Gasteiger partial charge < -0.3 is 15.5 Å². The van der Waals surface area contributed by atoms with E-state index in [0.717, 1.165) is 19.6 Å². The Kier molecular flexibility index (Phi) is 3.46. The van der Waals surface area contributed by atoms with Crippen molar-refractivity contribution in [1.82, 2.24) is 15.5 Å². The van der Waals surface area contributed by atoms with E-state index in [1.807, 2.05) is 4.90 Å². The highest BCUT2D eigenvalue weighted by Crippen LogP contribution is 2.29. The van der Waals surface area contributed by atoms with Crippen LogP contribution >= 0.6 is 0 Å². The molecule has 15 heavy (non-hydrogen) atoms. The maximum absolute atomic E-state index is 11.7. The smallest absolute Gasteiger partial charge is 0.317 e. The van der Waals surface area contributed by atoms with Gasteiger partial charge in [-0.3, -0.25) is 0 Å². The number of carbonyl (C=O) groups is 1. The van der Waals surface area contributed by atoms with Crippen LogP contribution in [0.25, 0.3) is 0 Å². The van der Waals surface area contributed by atoms with Crippen LogP contribution in [0, 0.1) is 5.92 Å². The molecule has 1 atom stereocenters. The topological polar surface area (TPSA) is 44.4 Å². The number of carbonyl (C=O) groups excluding carboxylic acids is 1. The van der Waals surface area contributed by atoms with Crippen LogP contribution in [0.4, 0.5) is 4.79 Å². The van der Waals surface area contributed by atoms with E-state index in [0.29, 0.717) is 12.0 Å². The first kappa shape index (κ1) is 10.7. The molecule has 2 aliphatic heterocycles. The van der Waals surface area contributed by atoms with Gasteiger partial charge in [0, 0.05) is 19.6 Å². The molecular weight excluding hydrogens is 190 g/mol. The normalized spacial score (nSPS) is 28.1. The van der Waals surface area contributed by atoms with Crippen molar-refractivity contribution in [3.63, 3.8) is 0 Å². The highest BCUT2D eigenvalue weighted by atomic mass is 16.2. The Hall–Kier alpha value is -0.770. The maximum atomic E-state index is 11.7. The summed E-state index contributed by atoms with van der Waals surface area (Å²) in [6.07, 6.45) is 4.80. The highest BCUT2D eigenvalue weighted by Gasteiger charge is 2.34. The van der Waals surface area contributed by atoms with Gasteiger partial charge in [0.2, 0.25) is 0 Å². The molecule has 0 aromatic heterocycles. The molecule has 1 unspecified atom stereocenters. The number of hydrogen-bond donors (Lipinski definition) is 2. The first-order valence-electron chi connectivity index (χ1n) is 6.02. The molecule has 2 aliphatic rings. The zero-order valence-corrected chi connectivity index (χ0v) is 9.46. The predicted octanol–water partition coefficient (Wildman–Crippen LogP) is 0.790. The fourth-order valence-corrected chi connectivity index (χ4v) is 2.91. The second-order valence-electron chi connectivity index (χ2n) is 4.55. The molecule has 2 rings (SSSR count). The van der Waals surface area contributed by atoms with Gasteiger partial charge in [-0.15, -0.1) is 0 Å². The lowest BCUT2D eigenvalue weighted by Crippen LogP contribution is -2.46. The predicted molar refractivity (Wildman–Crippen MR) is 59.8 cm³/mol. The second kappa shape index (κ2) is 4.84. The molecule has 86 valence electrons. The van der Waals surface area contributed by atoms with Crippen LogP contribution in [-0.2, 0) is 0 Å². The van der Waals surface area contributed by atoms with Crippen molar-refractivity contribution in [2.45, 2.75) is 31.7 Å². The number of hydrogen-bond acceptors (Lipinski definition) is 2. The van der Waals surface area contributed by atoms with E-state index < -0.39 is 0 Å². The van der Waals surface area contributed by atoms with Gasteiger partial charge in [0.15, 0.2) is 0 Å². The monoisotopic (exact) mass is 211 g/mol. The molecular formula is C11H21N3O. The summed E-state index contributed by atoms with van der Waals surface area (Å²) >= 11 is 0. The first-order valence-corrected chi connectivity index (χ1v) is 6.02. The number of nitrogens with one attached hydrogen (secondary N) is 2. The van der Waals surface area contributed by atoms with Crippen molar-refractivity contribution in [2.24, 2.45) is 5.92 Å². The summed E-state index contributed by atoms with van der Waals surface area (Å²) in [5.41, 5.74) is 0. The summed E-state index contributed by atoms with van der Waals surface area (Å²) in [6.45, 7) is 3.17. The Morgan fingerprint density at radius 2 is 2.07 bits per heavy atom. The van der Waals surface area contributed by atoms with Crippen LogP contribution in [0.1, 0.15) is 25.7 Å². The van der Waals surface area contributed by atoms with Gasteiger partial charge in [0.1, 0.15) is 0 Å². The zero-order chi connectivity index (χ0) is 10.7. The first-order chi connectivity index (χ1) is 7.33. The van der Waals surface area contributed by atoms with Crippen LogP contribution in [0.15, 0.2) is 0 Å². The summed E-state index contributed by atoms with van der Waals surface area (Å²) in [6, 6.07) is 0.600. The second-order valence-corrected chi connectivity index (χ2v) is 4.55. The molecule has 2 heterocycles. The third-order valence-electron chi connectivity index (χ3n) is 3.70. The van der Waals surface area contributed by atoms with Gasteiger partial charge in [-0.05, 0) is 44.7 Å². The Morgan fingerprint density at radius 1 is 1.33 bits per heavy atom. The summed E-state index contributed by atoms with van der Waals surface area (Å²) in [5, 5.41) is 6.12. The van der Waals surface area contributed by atoms with Crippen molar-refractivity contribution in [1.29, 1.82) is 0 Å². The summed E-state index contributed by atoms with van der Waals surface area (Å²) in [5.74, 6) is 0.714. The van der Waals surface area contributed by atoms with E-state index in [2.05, 4.69) is 10.6 Å². The molecule has 0 aromatic carbocycles. The lowest BCUT2D eigenvalue weighted by Gasteiger charge is -2.34. The molecule has 0 saturated carbocycles. The molecule has 2 amide bonds. The number of urea groups is 1. The third kappa shape index (κ3) is 2.25. The van der Waals surface area contributed by atoms with E-state index in [4.69, 9.17) is 0 Å². The minimum Gasteiger partial charge on any atom is -0.341 e. The molecule has 4 nitrogen and oxygen atoms in total. The van der Waals surface area contributed by atoms with Crippen molar-refractivity contribution < 1.29 is 4.79 Å². The molecule has 0 radical (unpaired) electrons. The van der Waals surface area contributed by atoms with Crippen molar-refractivity contribution >= 4 is 6.03 Å². The number of rotatable bonds is 1.